The van der Waals surface area contributed by atoms with E-state index in [-0.39, 0.29) is 16.3 Å². The lowest BCUT2D eigenvalue weighted by Crippen LogP contribution is -2.46. The quantitative estimate of drug-likeness (QED) is 0.892. The lowest BCUT2D eigenvalue weighted by molar-refractivity contribution is -0.0813. The van der Waals surface area contributed by atoms with Crippen molar-refractivity contribution in [3.05, 3.63) is 18.3 Å². The summed E-state index contributed by atoms with van der Waals surface area (Å²) in [6.45, 7) is 0.501. The maximum atomic E-state index is 12.8. The Kier molecular flexibility index (Phi) is 4.16. The van der Waals surface area contributed by atoms with E-state index in [1.807, 2.05) is 11.8 Å². The van der Waals surface area contributed by atoms with Gasteiger partial charge in [-0.15, -0.1) is 0 Å². The standard InChI is InChI=1S/C14H20N2O3S2/c15-12-2-1-6-16-13(12)21(17,18)11-3-7-19-14(10-11)4-8-20-9-5-14/h1-2,6,11H,3-5,7-10,15H2. The molecule has 0 saturated carbocycles. The molecule has 3 heterocycles. The van der Waals surface area contributed by atoms with E-state index in [1.54, 1.807) is 12.1 Å². The summed E-state index contributed by atoms with van der Waals surface area (Å²) in [5.41, 5.74) is 5.78. The molecule has 2 aliphatic heterocycles. The summed E-state index contributed by atoms with van der Waals surface area (Å²) in [5.74, 6) is 2.08. The van der Waals surface area contributed by atoms with E-state index in [1.165, 1.54) is 6.20 Å². The molecule has 7 heteroatoms. The van der Waals surface area contributed by atoms with Gasteiger partial charge in [-0.2, -0.15) is 11.8 Å². The van der Waals surface area contributed by atoms with Crippen LogP contribution in [0.4, 0.5) is 5.69 Å². The van der Waals surface area contributed by atoms with E-state index in [0.29, 0.717) is 19.4 Å². The van der Waals surface area contributed by atoms with E-state index < -0.39 is 15.1 Å². The van der Waals surface area contributed by atoms with Gasteiger partial charge in [0.25, 0.3) is 0 Å². The summed E-state index contributed by atoms with van der Waals surface area (Å²) in [5, 5.41) is -0.413. The van der Waals surface area contributed by atoms with Crippen LogP contribution in [0.15, 0.2) is 23.4 Å². The van der Waals surface area contributed by atoms with E-state index in [4.69, 9.17) is 10.5 Å². The van der Waals surface area contributed by atoms with E-state index >= 15 is 0 Å². The zero-order valence-electron chi connectivity index (χ0n) is 11.8. The molecule has 116 valence electrons. The minimum Gasteiger partial charge on any atom is -0.396 e. The van der Waals surface area contributed by atoms with Crippen molar-refractivity contribution in [2.75, 3.05) is 23.8 Å². The van der Waals surface area contributed by atoms with Crippen LogP contribution in [0.3, 0.4) is 0 Å². The van der Waals surface area contributed by atoms with Gasteiger partial charge in [-0.05, 0) is 49.3 Å². The van der Waals surface area contributed by atoms with Gasteiger partial charge in [-0.1, -0.05) is 0 Å². The van der Waals surface area contributed by atoms with Crippen molar-refractivity contribution in [1.82, 2.24) is 4.98 Å². The molecule has 0 aromatic carbocycles. The molecule has 1 atom stereocenters. The predicted molar refractivity (Wildman–Crippen MR) is 84.1 cm³/mol. The number of hydrogen-bond acceptors (Lipinski definition) is 6. The van der Waals surface area contributed by atoms with Crippen LogP contribution in [0.1, 0.15) is 25.7 Å². The summed E-state index contributed by atoms with van der Waals surface area (Å²) in [6, 6.07) is 3.24. The number of aromatic nitrogens is 1. The van der Waals surface area contributed by atoms with Crippen molar-refractivity contribution >= 4 is 27.3 Å². The maximum absolute atomic E-state index is 12.8. The van der Waals surface area contributed by atoms with Crippen LogP contribution in [0.25, 0.3) is 0 Å². The fourth-order valence-electron chi connectivity index (χ4n) is 3.14. The molecule has 0 aliphatic carbocycles. The van der Waals surface area contributed by atoms with Gasteiger partial charge in [-0.25, -0.2) is 13.4 Å². The molecule has 1 spiro atoms. The highest BCUT2D eigenvalue weighted by atomic mass is 32.2. The number of nitrogens with zero attached hydrogens (tertiary/aromatic N) is 1. The molecule has 2 aliphatic rings. The average Bonchev–Trinajstić information content (AvgIpc) is 2.48. The Morgan fingerprint density at radius 3 is 2.86 bits per heavy atom. The second kappa shape index (κ2) is 5.78. The van der Waals surface area contributed by atoms with Crippen LogP contribution >= 0.6 is 11.8 Å². The Morgan fingerprint density at radius 2 is 2.14 bits per heavy atom. The van der Waals surface area contributed by atoms with Crippen molar-refractivity contribution in [3.8, 4) is 0 Å². The zero-order valence-corrected chi connectivity index (χ0v) is 13.5. The number of ether oxygens (including phenoxy) is 1. The van der Waals surface area contributed by atoms with E-state index in [9.17, 15) is 8.42 Å². The van der Waals surface area contributed by atoms with Crippen LogP contribution in [-0.2, 0) is 14.6 Å². The van der Waals surface area contributed by atoms with Crippen LogP contribution in [0, 0.1) is 0 Å². The Bertz CT molecular complexity index is 607. The molecule has 2 saturated heterocycles. The van der Waals surface area contributed by atoms with Crippen molar-refractivity contribution < 1.29 is 13.2 Å². The molecule has 0 bridgehead atoms. The number of thioether (sulfide) groups is 1. The summed E-state index contributed by atoms with van der Waals surface area (Å²) < 4.78 is 31.6. The third-order valence-corrected chi connectivity index (χ3v) is 7.51. The average molecular weight is 328 g/mol. The van der Waals surface area contributed by atoms with Crippen LogP contribution in [0.5, 0.6) is 0 Å². The van der Waals surface area contributed by atoms with Crippen molar-refractivity contribution in [1.29, 1.82) is 0 Å². The molecule has 1 aromatic heterocycles. The Hall–Kier alpha value is -0.790. The van der Waals surface area contributed by atoms with Crippen LogP contribution in [0.2, 0.25) is 0 Å². The van der Waals surface area contributed by atoms with Gasteiger partial charge in [0, 0.05) is 12.8 Å². The fourth-order valence-corrected chi connectivity index (χ4v) is 6.22. The van der Waals surface area contributed by atoms with Gasteiger partial charge in [-0.3, -0.25) is 0 Å². The van der Waals surface area contributed by atoms with Gasteiger partial charge in [0.05, 0.1) is 16.5 Å². The first kappa shape index (κ1) is 15.1. The summed E-state index contributed by atoms with van der Waals surface area (Å²) in [4.78, 5) is 4.00. The first-order valence-corrected chi connectivity index (χ1v) is 9.90. The zero-order chi connectivity index (χ0) is 14.9. The largest absolute Gasteiger partial charge is 0.396 e. The van der Waals surface area contributed by atoms with Gasteiger partial charge < -0.3 is 10.5 Å². The number of pyridine rings is 1. The van der Waals surface area contributed by atoms with Gasteiger partial charge in [0.2, 0.25) is 9.84 Å². The first-order chi connectivity index (χ1) is 10.0. The normalized spacial score (nSPS) is 25.8. The number of nitrogens with two attached hydrogens (primary N) is 1. The highest BCUT2D eigenvalue weighted by Gasteiger charge is 2.44. The maximum Gasteiger partial charge on any atom is 0.200 e. The monoisotopic (exact) mass is 328 g/mol. The lowest BCUT2D eigenvalue weighted by atomic mass is 9.88. The number of rotatable bonds is 2. The number of sulfone groups is 1. The molecule has 0 radical (unpaired) electrons. The third kappa shape index (κ3) is 2.91. The topological polar surface area (TPSA) is 82.3 Å². The molecule has 0 amide bonds. The SMILES string of the molecule is Nc1cccnc1S(=O)(=O)C1CCOC2(CCSCC2)C1. The molecular formula is C14H20N2O3S2. The number of hydrogen-bond donors (Lipinski definition) is 1. The van der Waals surface area contributed by atoms with Crippen LogP contribution < -0.4 is 5.73 Å². The van der Waals surface area contributed by atoms with Crippen molar-refractivity contribution in [3.63, 3.8) is 0 Å². The molecule has 3 rings (SSSR count). The Labute approximate surface area is 129 Å². The minimum atomic E-state index is -3.49. The van der Waals surface area contributed by atoms with Gasteiger partial charge >= 0.3 is 0 Å². The first-order valence-electron chi connectivity index (χ1n) is 7.20. The molecule has 1 unspecified atom stereocenters. The number of nitrogen functional groups attached to an aromatic ring is 1. The third-order valence-electron chi connectivity index (χ3n) is 4.36. The Balaban J connectivity index is 1.87. The smallest absolute Gasteiger partial charge is 0.200 e. The van der Waals surface area contributed by atoms with Crippen LogP contribution in [-0.4, -0.2) is 42.4 Å². The molecule has 5 nitrogen and oxygen atoms in total. The van der Waals surface area contributed by atoms with Gasteiger partial charge in [0.1, 0.15) is 0 Å². The van der Waals surface area contributed by atoms with Gasteiger partial charge in [0.15, 0.2) is 5.03 Å². The molecular weight excluding hydrogens is 308 g/mol. The molecule has 21 heavy (non-hydrogen) atoms. The summed E-state index contributed by atoms with van der Waals surface area (Å²) in [6.07, 6.45) is 4.43. The highest BCUT2D eigenvalue weighted by molar-refractivity contribution is 7.99. The summed E-state index contributed by atoms with van der Waals surface area (Å²) in [7, 11) is -3.49. The van der Waals surface area contributed by atoms with E-state index in [0.717, 1.165) is 24.3 Å². The Morgan fingerprint density at radius 1 is 1.38 bits per heavy atom. The summed E-state index contributed by atoms with van der Waals surface area (Å²) >= 11 is 1.91. The minimum absolute atomic E-state index is 0.0252. The second-order valence-corrected chi connectivity index (χ2v) is 9.07. The predicted octanol–water partition coefficient (Wildman–Crippen LogP) is 1.88. The lowest BCUT2D eigenvalue weighted by Gasteiger charge is -2.42. The second-order valence-electron chi connectivity index (χ2n) is 5.70. The fraction of sp³-hybridized carbons (Fsp3) is 0.643. The number of anilines is 1. The highest BCUT2D eigenvalue weighted by Crippen LogP contribution is 2.40. The van der Waals surface area contributed by atoms with Crippen molar-refractivity contribution in [2.45, 2.75) is 41.6 Å². The molecule has 2 N–H and O–H groups in total. The molecule has 1 aromatic rings. The van der Waals surface area contributed by atoms with E-state index in [2.05, 4.69) is 4.98 Å². The van der Waals surface area contributed by atoms with Crippen molar-refractivity contribution in [2.24, 2.45) is 0 Å². The molecule has 2 fully saturated rings.